The van der Waals surface area contributed by atoms with Gasteiger partial charge in [0.1, 0.15) is 17.2 Å². The van der Waals surface area contributed by atoms with Gasteiger partial charge in [-0.3, -0.25) is 0 Å². The molecule has 2 nitrogen and oxygen atoms in total. The second-order valence-corrected chi connectivity index (χ2v) is 6.72. The first-order chi connectivity index (χ1) is 10.2. The van der Waals surface area contributed by atoms with Gasteiger partial charge in [0.25, 0.3) is 0 Å². The number of ether oxygens (including phenoxy) is 1. The molecule has 1 aromatic rings. The van der Waals surface area contributed by atoms with E-state index >= 15 is 0 Å². The Balaban J connectivity index is 1.88. The average molecular weight is 291 g/mol. The molecule has 1 aliphatic carbocycles. The smallest absolute Gasteiger partial charge is 0.127 e. The van der Waals surface area contributed by atoms with Crippen molar-refractivity contribution >= 4 is 0 Å². The minimum absolute atomic E-state index is 0.0988. The van der Waals surface area contributed by atoms with Crippen LogP contribution in [-0.2, 0) is 0 Å². The molecular weight excluding hydrogens is 265 g/mol. The van der Waals surface area contributed by atoms with Crippen molar-refractivity contribution in [3.8, 4) is 5.75 Å². The van der Waals surface area contributed by atoms with Crippen LogP contribution in [0.15, 0.2) is 18.2 Å². The maximum atomic E-state index is 13.6. The van der Waals surface area contributed by atoms with E-state index in [1.165, 1.54) is 31.7 Å². The lowest BCUT2D eigenvalue weighted by atomic mass is 9.82. The van der Waals surface area contributed by atoms with Gasteiger partial charge in [0.05, 0.1) is 0 Å². The molecule has 1 saturated carbocycles. The van der Waals surface area contributed by atoms with Crippen LogP contribution in [0, 0.1) is 11.7 Å². The van der Waals surface area contributed by atoms with Gasteiger partial charge in [0.2, 0.25) is 0 Å². The summed E-state index contributed by atoms with van der Waals surface area (Å²) in [6, 6.07) is 5.23. The van der Waals surface area contributed by atoms with Crippen LogP contribution in [0.3, 0.4) is 0 Å². The summed E-state index contributed by atoms with van der Waals surface area (Å²) in [5.74, 6) is 1.37. The summed E-state index contributed by atoms with van der Waals surface area (Å²) < 4.78 is 19.9. The first-order valence-electron chi connectivity index (χ1n) is 8.31. The normalized spacial score (nSPS) is 32.3. The summed E-state index contributed by atoms with van der Waals surface area (Å²) in [7, 11) is 1.99. The van der Waals surface area contributed by atoms with Crippen LogP contribution in [0.2, 0.25) is 0 Å². The topological polar surface area (TPSA) is 21.3 Å². The Bertz CT molecular complexity index is 504. The molecule has 3 atom stereocenters. The summed E-state index contributed by atoms with van der Waals surface area (Å²) in [4.78, 5) is 0. The number of rotatable bonds is 2. The SMILES string of the molecule is CCC1CCCC2(CC1)CC(NC)c1ccc(F)cc1O2. The molecule has 1 spiro atoms. The van der Waals surface area contributed by atoms with Crippen molar-refractivity contribution in [2.45, 2.75) is 63.5 Å². The van der Waals surface area contributed by atoms with E-state index in [0.29, 0.717) is 0 Å². The van der Waals surface area contributed by atoms with Gasteiger partial charge in [-0.1, -0.05) is 25.8 Å². The molecule has 116 valence electrons. The van der Waals surface area contributed by atoms with E-state index in [9.17, 15) is 4.39 Å². The van der Waals surface area contributed by atoms with Crippen molar-refractivity contribution in [3.63, 3.8) is 0 Å². The van der Waals surface area contributed by atoms with Crippen LogP contribution in [-0.4, -0.2) is 12.6 Å². The van der Waals surface area contributed by atoms with Crippen molar-refractivity contribution < 1.29 is 9.13 Å². The Hall–Kier alpha value is -1.09. The van der Waals surface area contributed by atoms with E-state index in [1.807, 2.05) is 13.1 Å². The van der Waals surface area contributed by atoms with E-state index in [1.54, 1.807) is 6.07 Å². The highest BCUT2D eigenvalue weighted by molar-refractivity contribution is 5.39. The van der Waals surface area contributed by atoms with Crippen molar-refractivity contribution in [1.29, 1.82) is 0 Å². The maximum Gasteiger partial charge on any atom is 0.127 e. The minimum atomic E-state index is -0.208. The van der Waals surface area contributed by atoms with Crippen molar-refractivity contribution in [3.05, 3.63) is 29.6 Å². The molecule has 0 radical (unpaired) electrons. The van der Waals surface area contributed by atoms with Gasteiger partial charge in [0.15, 0.2) is 0 Å². The second kappa shape index (κ2) is 5.96. The Morgan fingerprint density at radius 2 is 2.19 bits per heavy atom. The Morgan fingerprint density at radius 3 is 2.95 bits per heavy atom. The number of benzene rings is 1. The summed E-state index contributed by atoms with van der Waals surface area (Å²) in [5.41, 5.74) is 0.999. The zero-order valence-corrected chi connectivity index (χ0v) is 13.1. The highest BCUT2D eigenvalue weighted by Crippen LogP contribution is 2.46. The lowest BCUT2D eigenvalue weighted by Crippen LogP contribution is -2.43. The van der Waals surface area contributed by atoms with E-state index in [4.69, 9.17) is 4.74 Å². The third-order valence-electron chi connectivity index (χ3n) is 5.43. The van der Waals surface area contributed by atoms with Crippen LogP contribution in [0.25, 0.3) is 0 Å². The number of hydrogen-bond donors (Lipinski definition) is 1. The molecule has 1 aromatic carbocycles. The van der Waals surface area contributed by atoms with Gasteiger partial charge < -0.3 is 10.1 Å². The van der Waals surface area contributed by atoms with Gasteiger partial charge in [0, 0.05) is 24.1 Å². The van der Waals surface area contributed by atoms with Gasteiger partial charge in [-0.25, -0.2) is 4.39 Å². The predicted octanol–water partition coefficient (Wildman–Crippen LogP) is 4.60. The van der Waals surface area contributed by atoms with Gasteiger partial charge in [-0.15, -0.1) is 0 Å². The Morgan fingerprint density at radius 1 is 1.33 bits per heavy atom. The van der Waals surface area contributed by atoms with E-state index < -0.39 is 0 Å². The molecule has 0 aromatic heterocycles. The molecule has 3 rings (SSSR count). The van der Waals surface area contributed by atoms with Crippen LogP contribution < -0.4 is 10.1 Å². The molecule has 0 saturated heterocycles. The Kier molecular flexibility index (Phi) is 4.21. The van der Waals surface area contributed by atoms with Crippen LogP contribution in [0.1, 0.15) is 63.5 Å². The fourth-order valence-electron chi connectivity index (χ4n) is 4.06. The van der Waals surface area contributed by atoms with Crippen molar-refractivity contribution in [2.75, 3.05) is 7.05 Å². The summed E-state index contributed by atoms with van der Waals surface area (Å²) in [5, 5.41) is 3.39. The monoisotopic (exact) mass is 291 g/mol. The summed E-state index contributed by atoms with van der Waals surface area (Å²) in [6.07, 6.45) is 8.21. The first kappa shape index (κ1) is 14.8. The minimum Gasteiger partial charge on any atom is -0.487 e. The molecule has 1 heterocycles. The van der Waals surface area contributed by atoms with Gasteiger partial charge >= 0.3 is 0 Å². The highest BCUT2D eigenvalue weighted by atomic mass is 19.1. The summed E-state index contributed by atoms with van der Waals surface area (Å²) >= 11 is 0. The van der Waals surface area contributed by atoms with E-state index in [0.717, 1.165) is 36.5 Å². The lowest BCUT2D eigenvalue weighted by molar-refractivity contribution is 0.0159. The van der Waals surface area contributed by atoms with Crippen LogP contribution in [0.5, 0.6) is 5.75 Å². The zero-order valence-electron chi connectivity index (χ0n) is 13.1. The van der Waals surface area contributed by atoms with E-state index in [-0.39, 0.29) is 17.5 Å². The maximum absolute atomic E-state index is 13.6. The van der Waals surface area contributed by atoms with Crippen LogP contribution >= 0.6 is 0 Å². The fraction of sp³-hybridized carbons (Fsp3) is 0.667. The predicted molar refractivity (Wildman–Crippen MR) is 83.0 cm³/mol. The number of nitrogens with one attached hydrogen (secondary N) is 1. The number of hydrogen-bond acceptors (Lipinski definition) is 2. The molecule has 3 heteroatoms. The molecule has 3 unspecified atom stereocenters. The molecule has 1 aliphatic heterocycles. The zero-order chi connectivity index (χ0) is 14.9. The number of halogens is 1. The van der Waals surface area contributed by atoms with Gasteiger partial charge in [-0.05, 0) is 44.7 Å². The molecule has 0 bridgehead atoms. The second-order valence-electron chi connectivity index (χ2n) is 6.72. The third kappa shape index (κ3) is 2.94. The first-order valence-corrected chi connectivity index (χ1v) is 8.31. The Labute approximate surface area is 127 Å². The fourth-order valence-corrected chi connectivity index (χ4v) is 4.06. The molecule has 0 amide bonds. The standard InChI is InChI=1S/C18H26FNO/c1-3-13-5-4-9-18(10-8-13)12-16(20-2)15-7-6-14(19)11-17(15)21-18/h6-7,11,13,16,20H,3-5,8-10,12H2,1-2H3. The molecule has 1 N–H and O–H groups in total. The van der Waals surface area contributed by atoms with E-state index in [2.05, 4.69) is 12.2 Å². The summed E-state index contributed by atoms with van der Waals surface area (Å²) in [6.45, 7) is 2.28. The molecular formula is C18H26FNO. The third-order valence-corrected chi connectivity index (χ3v) is 5.43. The van der Waals surface area contributed by atoms with Crippen LogP contribution in [0.4, 0.5) is 4.39 Å². The average Bonchev–Trinajstić information content (AvgIpc) is 2.68. The number of fused-ring (bicyclic) bond motifs is 1. The largest absolute Gasteiger partial charge is 0.487 e. The van der Waals surface area contributed by atoms with Crippen molar-refractivity contribution in [2.24, 2.45) is 5.92 Å². The molecule has 21 heavy (non-hydrogen) atoms. The van der Waals surface area contributed by atoms with Gasteiger partial charge in [-0.2, -0.15) is 0 Å². The molecule has 2 aliphatic rings. The van der Waals surface area contributed by atoms with Crippen molar-refractivity contribution in [1.82, 2.24) is 5.32 Å². The quantitative estimate of drug-likeness (QED) is 0.860. The lowest BCUT2D eigenvalue weighted by Gasteiger charge is -2.42. The molecule has 1 fully saturated rings. The highest BCUT2D eigenvalue weighted by Gasteiger charge is 2.41.